The maximum absolute atomic E-state index is 12.4. The van der Waals surface area contributed by atoms with E-state index in [1.807, 2.05) is 0 Å². The molecule has 0 spiro atoms. The fourth-order valence-electron chi connectivity index (χ4n) is 3.68. The van der Waals surface area contributed by atoms with Crippen LogP contribution < -0.4 is 5.32 Å². The van der Waals surface area contributed by atoms with Crippen molar-refractivity contribution in [1.29, 1.82) is 0 Å². The third-order valence-electron chi connectivity index (χ3n) is 4.93. The van der Waals surface area contributed by atoms with E-state index in [1.54, 1.807) is 4.90 Å². The van der Waals surface area contributed by atoms with E-state index >= 15 is 0 Å². The van der Waals surface area contributed by atoms with Crippen LogP contribution in [0, 0.1) is 5.92 Å². The Balaban J connectivity index is 1.61. The van der Waals surface area contributed by atoms with Crippen LogP contribution in [0.1, 0.15) is 44.9 Å². The highest BCUT2D eigenvalue weighted by molar-refractivity contribution is 6.06. The van der Waals surface area contributed by atoms with E-state index in [0.29, 0.717) is 0 Å². The molecule has 116 valence electrons. The third kappa shape index (κ3) is 2.89. The molecule has 1 N–H and O–H groups in total. The molecule has 3 fully saturated rings. The van der Waals surface area contributed by atoms with Gasteiger partial charge in [0.15, 0.2) is 0 Å². The van der Waals surface area contributed by atoms with Gasteiger partial charge in [0, 0.05) is 13.1 Å². The fraction of sp³-hybridized carbons (Fsp3) is 0.800. The van der Waals surface area contributed by atoms with Crippen LogP contribution in [0.15, 0.2) is 0 Å². The van der Waals surface area contributed by atoms with E-state index in [2.05, 4.69) is 5.32 Å². The van der Waals surface area contributed by atoms with Crippen molar-refractivity contribution in [1.82, 2.24) is 15.1 Å². The number of amides is 4. The first-order chi connectivity index (χ1) is 10.2. The van der Waals surface area contributed by atoms with E-state index in [0.717, 1.165) is 56.5 Å². The number of urea groups is 1. The number of hydrogen-bond acceptors (Lipinski definition) is 3. The number of carbonyl (C=O) groups excluding carboxylic acids is 3. The van der Waals surface area contributed by atoms with Gasteiger partial charge in [0.05, 0.1) is 0 Å². The molecule has 3 aliphatic rings. The van der Waals surface area contributed by atoms with Crippen LogP contribution in [0.4, 0.5) is 4.79 Å². The summed E-state index contributed by atoms with van der Waals surface area (Å²) < 4.78 is 0. The molecule has 6 nitrogen and oxygen atoms in total. The van der Waals surface area contributed by atoms with Crippen molar-refractivity contribution in [3.05, 3.63) is 0 Å². The van der Waals surface area contributed by atoms with E-state index < -0.39 is 12.1 Å². The Kier molecular flexibility index (Phi) is 4.12. The molecule has 2 heterocycles. The van der Waals surface area contributed by atoms with E-state index in [1.165, 1.54) is 6.42 Å². The highest BCUT2D eigenvalue weighted by Gasteiger charge is 2.43. The predicted octanol–water partition coefficient (Wildman–Crippen LogP) is 1.11. The lowest BCUT2D eigenvalue weighted by molar-refractivity contribution is -0.137. The zero-order chi connectivity index (χ0) is 14.8. The van der Waals surface area contributed by atoms with Gasteiger partial charge in [0.2, 0.25) is 5.91 Å². The lowest BCUT2D eigenvalue weighted by Crippen LogP contribution is -2.43. The summed E-state index contributed by atoms with van der Waals surface area (Å²) >= 11 is 0. The van der Waals surface area contributed by atoms with Crippen LogP contribution in [0.2, 0.25) is 0 Å². The minimum absolute atomic E-state index is 0.103. The molecule has 1 aliphatic carbocycles. The Morgan fingerprint density at radius 1 is 1.05 bits per heavy atom. The molecule has 2 aliphatic heterocycles. The Labute approximate surface area is 124 Å². The minimum Gasteiger partial charge on any atom is -0.341 e. The molecule has 2 saturated heterocycles. The second-order valence-corrected chi connectivity index (χ2v) is 6.34. The molecule has 0 bridgehead atoms. The smallest absolute Gasteiger partial charge is 0.325 e. The Bertz CT molecular complexity index is 439. The molecule has 21 heavy (non-hydrogen) atoms. The number of carbonyl (C=O) groups is 3. The SMILES string of the molecule is O=C(CN1C(=O)N[C@@H](C2CCCCC2)C1=O)N1CCCC1. The molecule has 1 atom stereocenters. The van der Waals surface area contributed by atoms with Crippen molar-refractivity contribution in [2.24, 2.45) is 5.92 Å². The largest absolute Gasteiger partial charge is 0.341 e. The molecule has 0 aromatic rings. The highest BCUT2D eigenvalue weighted by Crippen LogP contribution is 2.29. The van der Waals surface area contributed by atoms with Crippen LogP contribution in [-0.2, 0) is 9.59 Å². The molecular formula is C15H23N3O3. The van der Waals surface area contributed by atoms with Crippen LogP contribution in [0.25, 0.3) is 0 Å². The van der Waals surface area contributed by atoms with Gasteiger partial charge in [0.1, 0.15) is 12.6 Å². The zero-order valence-electron chi connectivity index (χ0n) is 12.3. The predicted molar refractivity (Wildman–Crippen MR) is 76.4 cm³/mol. The normalized spacial score (nSPS) is 27.3. The number of nitrogens with one attached hydrogen (secondary N) is 1. The number of imide groups is 1. The molecule has 1 saturated carbocycles. The standard InChI is InChI=1S/C15H23N3O3/c19-12(17-8-4-5-9-17)10-18-14(20)13(16-15(18)21)11-6-2-1-3-7-11/h11,13H,1-10H2,(H,16,21)/t13-/m0/s1. The molecule has 3 rings (SSSR count). The van der Waals surface area contributed by atoms with Gasteiger partial charge in [-0.1, -0.05) is 19.3 Å². The summed E-state index contributed by atoms with van der Waals surface area (Å²) in [5, 5.41) is 2.79. The first-order valence-electron chi connectivity index (χ1n) is 8.06. The fourth-order valence-corrected chi connectivity index (χ4v) is 3.68. The van der Waals surface area contributed by atoms with Gasteiger partial charge in [-0.05, 0) is 31.6 Å². The molecule has 0 aromatic heterocycles. The summed E-state index contributed by atoms with van der Waals surface area (Å²) in [6.45, 7) is 1.39. The first-order valence-corrected chi connectivity index (χ1v) is 8.06. The summed E-state index contributed by atoms with van der Waals surface area (Å²) in [6, 6.07) is -0.813. The molecule has 4 amide bonds. The van der Waals surface area contributed by atoms with Crippen molar-refractivity contribution in [3.8, 4) is 0 Å². The average Bonchev–Trinajstić information content (AvgIpc) is 3.12. The average molecular weight is 293 g/mol. The quantitative estimate of drug-likeness (QED) is 0.792. The van der Waals surface area contributed by atoms with Crippen molar-refractivity contribution in [2.45, 2.75) is 51.0 Å². The van der Waals surface area contributed by atoms with Crippen molar-refractivity contribution < 1.29 is 14.4 Å². The van der Waals surface area contributed by atoms with Gasteiger partial charge in [-0.15, -0.1) is 0 Å². The first kappa shape index (κ1) is 14.4. The van der Waals surface area contributed by atoms with Gasteiger partial charge < -0.3 is 10.2 Å². The van der Waals surface area contributed by atoms with E-state index in [-0.39, 0.29) is 24.3 Å². The number of hydrogen-bond donors (Lipinski definition) is 1. The zero-order valence-corrected chi connectivity index (χ0v) is 12.3. The summed E-state index contributed by atoms with van der Waals surface area (Å²) in [5.41, 5.74) is 0. The van der Waals surface area contributed by atoms with Crippen molar-refractivity contribution >= 4 is 17.8 Å². The van der Waals surface area contributed by atoms with Crippen LogP contribution in [-0.4, -0.2) is 53.3 Å². The lowest BCUT2D eigenvalue weighted by atomic mass is 9.84. The van der Waals surface area contributed by atoms with E-state index in [4.69, 9.17) is 0 Å². The molecular weight excluding hydrogens is 270 g/mol. The van der Waals surface area contributed by atoms with Crippen LogP contribution >= 0.6 is 0 Å². The van der Waals surface area contributed by atoms with Crippen LogP contribution in [0.3, 0.4) is 0 Å². The van der Waals surface area contributed by atoms with Gasteiger partial charge in [0.25, 0.3) is 5.91 Å². The van der Waals surface area contributed by atoms with Gasteiger partial charge in [-0.3, -0.25) is 14.5 Å². The highest BCUT2D eigenvalue weighted by atomic mass is 16.2. The minimum atomic E-state index is -0.413. The second-order valence-electron chi connectivity index (χ2n) is 6.34. The molecule has 0 radical (unpaired) electrons. The van der Waals surface area contributed by atoms with Crippen LogP contribution in [0.5, 0.6) is 0 Å². The van der Waals surface area contributed by atoms with Gasteiger partial charge in [-0.25, -0.2) is 4.79 Å². The third-order valence-corrected chi connectivity index (χ3v) is 4.93. The Morgan fingerprint density at radius 3 is 2.38 bits per heavy atom. The number of rotatable bonds is 3. The van der Waals surface area contributed by atoms with E-state index in [9.17, 15) is 14.4 Å². The monoisotopic (exact) mass is 293 g/mol. The summed E-state index contributed by atoms with van der Waals surface area (Å²) in [5.74, 6) is -0.0816. The summed E-state index contributed by atoms with van der Waals surface area (Å²) in [6.07, 6.45) is 7.46. The summed E-state index contributed by atoms with van der Waals surface area (Å²) in [4.78, 5) is 39.4. The topological polar surface area (TPSA) is 69.7 Å². The second kappa shape index (κ2) is 6.03. The number of likely N-dealkylation sites (tertiary alicyclic amines) is 1. The molecule has 0 unspecified atom stereocenters. The lowest BCUT2D eigenvalue weighted by Gasteiger charge is -2.25. The van der Waals surface area contributed by atoms with Gasteiger partial charge in [-0.2, -0.15) is 0 Å². The van der Waals surface area contributed by atoms with Gasteiger partial charge >= 0.3 is 6.03 Å². The molecule has 6 heteroatoms. The molecule has 0 aromatic carbocycles. The Hall–Kier alpha value is -1.59. The maximum Gasteiger partial charge on any atom is 0.325 e. The van der Waals surface area contributed by atoms with Crippen molar-refractivity contribution in [2.75, 3.05) is 19.6 Å². The maximum atomic E-state index is 12.4. The number of nitrogens with zero attached hydrogens (tertiary/aromatic N) is 2. The Morgan fingerprint density at radius 2 is 1.71 bits per heavy atom. The summed E-state index contributed by atoms with van der Waals surface area (Å²) in [7, 11) is 0. The van der Waals surface area contributed by atoms with Crippen molar-refractivity contribution in [3.63, 3.8) is 0 Å².